The summed E-state index contributed by atoms with van der Waals surface area (Å²) in [5.74, 6) is 0.641. The van der Waals surface area contributed by atoms with Gasteiger partial charge < -0.3 is 24.8 Å². The maximum absolute atomic E-state index is 14.3. The van der Waals surface area contributed by atoms with Gasteiger partial charge in [-0.15, -0.1) is 35.6 Å². The number of rotatable bonds is 27. The number of hydrogen-bond donors (Lipinski definition) is 1. The van der Waals surface area contributed by atoms with E-state index >= 15 is 0 Å². The number of allylic oxidation sites excluding steroid dienone is 5. The molecular formula is C61H84MgN6O5+2. The minimum atomic E-state index is -0.496. The molecule has 3 N–H and O–H groups in total. The number of amides is 1. The Labute approximate surface area is 452 Å². The minimum absolute atomic E-state index is 0. The average molecular weight is 1010 g/mol. The Morgan fingerprint density at radius 1 is 0.836 bits per heavy atom. The number of aromatic nitrogens is 4. The maximum atomic E-state index is 14.3. The molecule has 4 unspecified atom stereocenters. The minimum Gasteiger partial charge on any atom is -0.664 e. The van der Waals surface area contributed by atoms with Gasteiger partial charge in [0.05, 0.1) is 25.6 Å². The zero-order valence-electron chi connectivity index (χ0n) is 46.0. The summed E-state index contributed by atoms with van der Waals surface area (Å²) in [6.07, 6.45) is 21.3. The van der Waals surface area contributed by atoms with Crippen LogP contribution in [0.4, 0.5) is 0 Å². The van der Waals surface area contributed by atoms with Crippen LogP contribution in [0.3, 0.4) is 0 Å². The molecule has 0 saturated heterocycles. The van der Waals surface area contributed by atoms with Crippen molar-refractivity contribution in [3.63, 3.8) is 0 Å². The summed E-state index contributed by atoms with van der Waals surface area (Å²) in [5.41, 5.74) is 12.1. The van der Waals surface area contributed by atoms with Crippen LogP contribution in [0.1, 0.15) is 196 Å². The van der Waals surface area contributed by atoms with E-state index in [2.05, 4.69) is 88.5 Å². The first-order chi connectivity index (χ1) is 34.5. The van der Waals surface area contributed by atoms with Gasteiger partial charge in [0.25, 0.3) is 5.91 Å². The first-order valence-corrected chi connectivity index (χ1v) is 26.6. The van der Waals surface area contributed by atoms with E-state index in [-0.39, 0.29) is 72.8 Å². The predicted octanol–water partition coefficient (Wildman–Crippen LogP) is 11.6. The maximum Gasteiger partial charge on any atom is 2.00 e. The van der Waals surface area contributed by atoms with Crippen LogP contribution in [0.2, 0.25) is 0 Å². The number of nitrogens with zero attached hydrogens (tertiary/aromatic N) is 3. The van der Waals surface area contributed by atoms with Crippen LogP contribution in [-0.4, -0.2) is 73.9 Å². The molecule has 3 aliphatic rings. The average Bonchev–Trinajstić information content (AvgIpc) is 4.04. The number of methoxy groups -OCH3 is 1. The molecule has 0 radical (unpaired) electrons. The summed E-state index contributed by atoms with van der Waals surface area (Å²) < 4.78 is 11.2. The van der Waals surface area contributed by atoms with Crippen LogP contribution in [0.25, 0.3) is 33.3 Å². The van der Waals surface area contributed by atoms with E-state index in [1.165, 1.54) is 57.6 Å². The third-order valence-corrected chi connectivity index (χ3v) is 14.6. The van der Waals surface area contributed by atoms with E-state index in [1.54, 1.807) is 12.2 Å². The van der Waals surface area contributed by atoms with Crippen molar-refractivity contribution in [1.82, 2.24) is 15.3 Å². The molecule has 1 amide bonds. The molecule has 73 heavy (non-hydrogen) atoms. The number of aliphatic imine (C=N–C) groups is 1. The summed E-state index contributed by atoms with van der Waals surface area (Å²) in [4.78, 5) is 63.9. The van der Waals surface area contributed by atoms with Crippen LogP contribution < -0.4 is 25.3 Å². The summed E-state index contributed by atoms with van der Waals surface area (Å²) in [5, 5.41) is 2.97. The van der Waals surface area contributed by atoms with Crippen LogP contribution >= 0.6 is 0 Å². The van der Waals surface area contributed by atoms with Gasteiger partial charge in [-0.1, -0.05) is 122 Å². The third kappa shape index (κ3) is 16.3. The molecule has 8 bridgehead atoms. The molecule has 2 aromatic rings. The standard InChI is InChI=1S/C61H83N6O5.Mg/c1-14-30-62-37-49-46(17-4)54-35-52-44(12)58(61(70)63-31-15-2)60(67-52)48(33-57(69)71-13)59-47(43(11)51(66-59)34-50-42(10)45(16-3)53(64-50)36-55(49)65-54)27-28-56(68)72-32-29-41(9)26-20-25-40(8)24-19-23-39(7)22-18-21-38(5)6;/h14-16,29,34-40,43,47H,1-3,17-28,30-33H2,4-13H3,(H2-,62,63,64,65,66,67,70);/q-1;+2/p+1. The second-order valence-electron chi connectivity index (χ2n) is 20.6. The topological polar surface area (TPSA) is 151 Å². The van der Waals surface area contributed by atoms with E-state index in [0.29, 0.717) is 64.6 Å². The van der Waals surface area contributed by atoms with Gasteiger partial charge in [-0.05, 0) is 106 Å². The Morgan fingerprint density at radius 3 is 2.15 bits per heavy atom. The van der Waals surface area contributed by atoms with Crippen LogP contribution in [0, 0.1) is 17.8 Å². The predicted molar refractivity (Wildman–Crippen MR) is 299 cm³/mol. The first-order valence-electron chi connectivity index (χ1n) is 26.6. The second-order valence-corrected chi connectivity index (χ2v) is 20.6. The van der Waals surface area contributed by atoms with Gasteiger partial charge in [-0.25, -0.2) is 9.97 Å². The number of ether oxygens (including phenoxy) is 2. The Balaban J connectivity index is 0.0000116. The van der Waals surface area contributed by atoms with Crippen molar-refractivity contribution in [3.8, 4) is 0 Å². The smallest absolute Gasteiger partial charge is 0.664 e. The molecule has 0 spiro atoms. The fraction of sp³-hybridized carbons (Fsp3) is 0.508. The molecule has 5 heterocycles. The monoisotopic (exact) mass is 1000 g/mol. The summed E-state index contributed by atoms with van der Waals surface area (Å²) in [6.45, 7) is 32.4. The molecule has 0 aliphatic carbocycles. The molecule has 388 valence electrons. The molecule has 4 atom stereocenters. The fourth-order valence-corrected chi connectivity index (χ4v) is 10.2. The van der Waals surface area contributed by atoms with Crippen molar-refractivity contribution in [1.29, 1.82) is 0 Å². The molecule has 12 heteroatoms. The summed E-state index contributed by atoms with van der Waals surface area (Å²) in [7, 11) is 1.35. The molecule has 11 nitrogen and oxygen atoms in total. The van der Waals surface area contributed by atoms with Crippen molar-refractivity contribution >= 4 is 80.4 Å². The van der Waals surface area contributed by atoms with Gasteiger partial charge in [0.2, 0.25) is 22.8 Å². The number of fused-ring (bicyclic) bond motifs is 8. The Bertz CT molecular complexity index is 2640. The molecule has 3 aliphatic heterocycles. The SMILES string of the molecule is C=CCN=Cc1c(CC)c2cc3[nH+]c(c(CC(=O)OC)c4[n-]c(cc5[nH+]c(cc1[n-]2)C(C=C)=C5C)C(C)C4CCC(=O)OCC=C(C)CCCC(C)CCCC(C)CCCC(C)C)C(C(=O)NCC=C)=C3C.[Mg+2]. The van der Waals surface area contributed by atoms with Gasteiger partial charge in [0, 0.05) is 35.9 Å². The molecule has 2 aromatic heterocycles. The normalized spacial score (nSPS) is 16.0. The molecule has 0 aromatic carbocycles. The number of carbonyl (C=O) groups excluding carboxylic acids is 3. The Kier molecular flexibility index (Phi) is 24.4. The van der Waals surface area contributed by atoms with E-state index in [0.717, 1.165) is 69.5 Å². The number of carbonyl (C=O) groups is 3. The van der Waals surface area contributed by atoms with Crippen molar-refractivity contribution in [2.24, 2.45) is 22.7 Å². The number of hydrogen-bond acceptors (Lipinski definition) is 6. The van der Waals surface area contributed by atoms with Gasteiger partial charge in [0.1, 0.15) is 12.2 Å². The molecule has 5 rings (SSSR count). The zero-order valence-corrected chi connectivity index (χ0v) is 47.4. The molecule has 0 saturated carbocycles. The summed E-state index contributed by atoms with van der Waals surface area (Å²) in [6, 6.07) is 6.03. The molecule has 0 fully saturated rings. The van der Waals surface area contributed by atoms with Gasteiger partial charge in [-0.3, -0.25) is 19.4 Å². The first kappa shape index (κ1) is 60.2. The number of nitrogens with one attached hydrogen (secondary N) is 3. The number of aromatic amines is 2. The number of H-pyrrole nitrogens is 2. The van der Waals surface area contributed by atoms with E-state index in [9.17, 15) is 14.4 Å². The quantitative estimate of drug-likeness (QED) is 0.0405. The van der Waals surface area contributed by atoms with Crippen molar-refractivity contribution in [2.75, 3.05) is 26.8 Å². The van der Waals surface area contributed by atoms with Crippen LogP contribution in [0.15, 0.2) is 72.8 Å². The van der Waals surface area contributed by atoms with E-state index in [1.807, 2.05) is 50.4 Å². The van der Waals surface area contributed by atoms with Crippen LogP contribution in [-0.2, 0) is 36.7 Å². The Morgan fingerprint density at radius 2 is 1.51 bits per heavy atom. The Hall–Kier alpha value is -5.33. The number of esters is 2. The zero-order chi connectivity index (χ0) is 52.5. The van der Waals surface area contributed by atoms with Gasteiger partial charge >= 0.3 is 35.0 Å². The third-order valence-electron chi connectivity index (χ3n) is 14.6. The van der Waals surface area contributed by atoms with E-state index < -0.39 is 5.97 Å². The van der Waals surface area contributed by atoms with Gasteiger partial charge in [0.15, 0.2) is 0 Å². The summed E-state index contributed by atoms with van der Waals surface area (Å²) >= 11 is 0. The van der Waals surface area contributed by atoms with Crippen molar-refractivity contribution in [2.45, 2.75) is 158 Å². The fourth-order valence-electron chi connectivity index (χ4n) is 10.2. The van der Waals surface area contributed by atoms with Crippen molar-refractivity contribution < 1.29 is 33.8 Å². The number of aryl methyl sites for hydroxylation is 1. The molecular weight excluding hydrogens is 921 g/mol. The van der Waals surface area contributed by atoms with Crippen LogP contribution in [0.5, 0.6) is 0 Å². The van der Waals surface area contributed by atoms with Gasteiger partial charge in [-0.2, -0.15) is 0 Å². The second kappa shape index (κ2) is 29.5. The van der Waals surface area contributed by atoms with Crippen molar-refractivity contribution in [3.05, 3.63) is 119 Å². The van der Waals surface area contributed by atoms with E-state index in [4.69, 9.17) is 19.4 Å². The largest absolute Gasteiger partial charge is 2.00 e.